The summed E-state index contributed by atoms with van der Waals surface area (Å²) < 4.78 is 0. The Balaban J connectivity index is 0.000000878. The Kier molecular flexibility index (Phi) is 6.55. The quantitative estimate of drug-likeness (QED) is 0.503. The normalized spacial score (nSPS) is 18.0. The van der Waals surface area contributed by atoms with Gasteiger partial charge in [-0.2, -0.15) is 0 Å². The molecule has 10 heteroatoms. The number of hydrogen-bond acceptors (Lipinski definition) is 6. The van der Waals surface area contributed by atoms with E-state index in [-0.39, 0.29) is 30.2 Å². The molecule has 4 amide bonds. The number of nitrogens with zero attached hydrogens (tertiary/aromatic N) is 3. The van der Waals surface area contributed by atoms with Crippen molar-refractivity contribution < 1.29 is 24.3 Å². The zero-order chi connectivity index (χ0) is 20.9. The summed E-state index contributed by atoms with van der Waals surface area (Å²) in [4.78, 5) is 52.9. The summed E-state index contributed by atoms with van der Waals surface area (Å²) in [6.07, 6.45) is 0.844. The van der Waals surface area contributed by atoms with Crippen molar-refractivity contribution in [1.82, 2.24) is 20.1 Å². The Bertz CT molecular complexity index is 758. The molecule has 4 N–H and O–H groups in total. The molecule has 28 heavy (non-hydrogen) atoms. The van der Waals surface area contributed by atoms with Gasteiger partial charge in [0.1, 0.15) is 17.1 Å². The fraction of sp³-hybridized carbons (Fsp3) is 0.500. The highest BCUT2D eigenvalue weighted by Crippen LogP contribution is 2.34. The number of carbonyl (C=O) groups excluding carboxylic acids is 3. The summed E-state index contributed by atoms with van der Waals surface area (Å²) in [6, 6.07) is 4.60. The van der Waals surface area contributed by atoms with Crippen LogP contribution in [0.15, 0.2) is 18.2 Å². The van der Waals surface area contributed by atoms with Crippen molar-refractivity contribution in [2.45, 2.75) is 32.2 Å². The first kappa shape index (κ1) is 21.1. The lowest BCUT2D eigenvalue weighted by Gasteiger charge is -2.42. The maximum Gasteiger partial charge on any atom is 0.325 e. The van der Waals surface area contributed by atoms with E-state index in [9.17, 15) is 14.4 Å². The third kappa shape index (κ3) is 4.21. The fourth-order valence-electron chi connectivity index (χ4n) is 3.53. The molecule has 1 spiro atoms. The number of hydrogen-bond donors (Lipinski definition) is 3. The summed E-state index contributed by atoms with van der Waals surface area (Å²) in [5, 5.41) is 9.32. The van der Waals surface area contributed by atoms with Gasteiger partial charge in [-0.1, -0.05) is 19.9 Å². The number of likely N-dealkylation sites (tertiary alicyclic amines) is 1. The van der Waals surface area contributed by atoms with Crippen LogP contribution in [0.1, 0.15) is 37.2 Å². The molecule has 0 atom stereocenters. The average Bonchev–Trinajstić information content (AvgIpc) is 2.86. The zero-order valence-corrected chi connectivity index (χ0v) is 15.9. The van der Waals surface area contributed by atoms with Crippen LogP contribution in [0.2, 0.25) is 0 Å². The van der Waals surface area contributed by atoms with Crippen molar-refractivity contribution in [3.63, 3.8) is 0 Å². The van der Waals surface area contributed by atoms with Gasteiger partial charge in [0, 0.05) is 19.6 Å². The van der Waals surface area contributed by atoms with Gasteiger partial charge in [-0.25, -0.2) is 9.78 Å². The minimum Gasteiger partial charge on any atom is -0.483 e. The number of urea groups is 1. The molecule has 3 rings (SSSR count). The average molecular weight is 391 g/mol. The van der Waals surface area contributed by atoms with Gasteiger partial charge >= 0.3 is 6.03 Å². The highest BCUT2D eigenvalue weighted by molar-refractivity contribution is 6.07. The van der Waals surface area contributed by atoms with E-state index in [2.05, 4.69) is 10.3 Å². The summed E-state index contributed by atoms with van der Waals surface area (Å²) in [5.41, 5.74) is 5.09. The lowest BCUT2D eigenvalue weighted by molar-refractivity contribution is -0.129. The predicted molar refractivity (Wildman–Crippen MR) is 100 cm³/mol. The first-order valence-corrected chi connectivity index (χ1v) is 8.98. The van der Waals surface area contributed by atoms with Gasteiger partial charge in [0.05, 0.1) is 0 Å². The highest BCUT2D eigenvalue weighted by Gasteiger charge is 2.54. The minimum atomic E-state index is -0.846. The van der Waals surface area contributed by atoms with E-state index >= 15 is 0 Å². The number of amides is 4. The molecule has 2 aliphatic heterocycles. The molecular formula is C18H25N5O5. The first-order valence-electron chi connectivity index (χ1n) is 8.98. The predicted octanol–water partition coefficient (Wildman–Crippen LogP) is 0.547. The lowest BCUT2D eigenvalue weighted by atomic mass is 9.85. The van der Waals surface area contributed by atoms with Crippen LogP contribution in [0.5, 0.6) is 0 Å². The largest absolute Gasteiger partial charge is 0.483 e. The minimum absolute atomic E-state index is 0.206. The third-order valence-corrected chi connectivity index (χ3v) is 4.82. The van der Waals surface area contributed by atoms with Gasteiger partial charge < -0.3 is 20.6 Å². The fourth-order valence-corrected chi connectivity index (χ4v) is 3.53. The second kappa shape index (κ2) is 8.68. The molecular weight excluding hydrogens is 366 g/mol. The van der Waals surface area contributed by atoms with Crippen LogP contribution in [0.4, 0.5) is 10.6 Å². The maximum atomic E-state index is 12.6. The van der Waals surface area contributed by atoms with E-state index in [1.54, 1.807) is 28.0 Å². The lowest BCUT2D eigenvalue weighted by Crippen LogP contribution is -2.58. The molecule has 2 fully saturated rings. The zero-order valence-electron chi connectivity index (χ0n) is 15.9. The maximum absolute atomic E-state index is 12.6. The van der Waals surface area contributed by atoms with Crippen LogP contribution in [0.25, 0.3) is 0 Å². The molecule has 0 bridgehead atoms. The van der Waals surface area contributed by atoms with Gasteiger partial charge in [0.25, 0.3) is 18.3 Å². The number of anilines is 1. The number of imide groups is 1. The number of piperidine rings is 1. The number of carbonyl (C=O) groups is 4. The summed E-state index contributed by atoms with van der Waals surface area (Å²) in [6.45, 7) is 5.07. The van der Waals surface area contributed by atoms with Crippen LogP contribution in [-0.2, 0) is 9.59 Å². The van der Waals surface area contributed by atoms with Gasteiger partial charge in [-0.3, -0.25) is 19.7 Å². The van der Waals surface area contributed by atoms with Gasteiger partial charge in [0.15, 0.2) is 0 Å². The Morgan fingerprint density at radius 1 is 1.36 bits per heavy atom. The smallest absolute Gasteiger partial charge is 0.325 e. The van der Waals surface area contributed by atoms with E-state index in [1.165, 1.54) is 0 Å². The number of pyridine rings is 1. The van der Waals surface area contributed by atoms with Crippen LogP contribution in [-0.4, -0.2) is 69.4 Å². The number of nitrogens with one attached hydrogen (secondary N) is 1. The van der Waals surface area contributed by atoms with Crippen LogP contribution in [0, 0.1) is 5.92 Å². The van der Waals surface area contributed by atoms with Crippen molar-refractivity contribution in [2.75, 3.05) is 25.4 Å². The molecule has 2 saturated heterocycles. The first-order chi connectivity index (χ1) is 13.2. The molecule has 0 radical (unpaired) electrons. The molecule has 1 aromatic heterocycles. The SMILES string of the molecule is CC(C)CN1C(=O)NC(=O)C12CCN(C(=O)c1cccc(N)n1)CC2.O=CO. The summed E-state index contributed by atoms with van der Waals surface area (Å²) in [7, 11) is 0. The molecule has 0 aromatic carbocycles. The topological polar surface area (TPSA) is 146 Å². The Labute approximate surface area is 162 Å². The monoisotopic (exact) mass is 391 g/mol. The molecule has 152 valence electrons. The van der Waals surface area contributed by atoms with Gasteiger partial charge in [-0.05, 0) is 30.9 Å². The van der Waals surface area contributed by atoms with Crippen molar-refractivity contribution in [3.05, 3.63) is 23.9 Å². The molecule has 2 aliphatic rings. The second-order valence-electron chi connectivity index (χ2n) is 7.14. The van der Waals surface area contributed by atoms with E-state index in [0.717, 1.165) is 0 Å². The Morgan fingerprint density at radius 3 is 2.50 bits per heavy atom. The van der Waals surface area contributed by atoms with E-state index < -0.39 is 5.54 Å². The van der Waals surface area contributed by atoms with Crippen LogP contribution in [0.3, 0.4) is 0 Å². The van der Waals surface area contributed by atoms with E-state index in [0.29, 0.717) is 44.0 Å². The molecule has 0 aliphatic carbocycles. The number of nitrogens with two attached hydrogens (primary N) is 1. The van der Waals surface area contributed by atoms with Crippen molar-refractivity contribution >= 4 is 30.1 Å². The molecule has 10 nitrogen and oxygen atoms in total. The summed E-state index contributed by atoms with van der Waals surface area (Å²) in [5.74, 6) is 0.0857. The van der Waals surface area contributed by atoms with E-state index in [1.807, 2.05) is 13.8 Å². The van der Waals surface area contributed by atoms with E-state index in [4.69, 9.17) is 15.6 Å². The van der Waals surface area contributed by atoms with Crippen molar-refractivity contribution in [2.24, 2.45) is 5.92 Å². The van der Waals surface area contributed by atoms with Crippen LogP contribution >= 0.6 is 0 Å². The van der Waals surface area contributed by atoms with Gasteiger partial charge in [-0.15, -0.1) is 0 Å². The molecule has 3 heterocycles. The number of aromatic nitrogens is 1. The number of rotatable bonds is 3. The number of nitrogen functional groups attached to an aromatic ring is 1. The molecule has 1 aromatic rings. The highest BCUT2D eigenvalue weighted by atomic mass is 16.3. The standard InChI is InChI=1S/C17H23N5O3.CH2O2/c1-11(2)10-22-16(25)20-15(24)17(22)6-8-21(9-7-17)14(23)12-4-3-5-13(18)19-12;2-1-3/h3-5,11H,6-10H2,1-2H3,(H2,18,19)(H,20,24,25);1H,(H,2,3). The van der Waals surface area contributed by atoms with Crippen molar-refractivity contribution in [1.29, 1.82) is 0 Å². The third-order valence-electron chi connectivity index (χ3n) is 4.82. The number of carboxylic acid groups (broad SMARTS) is 1. The molecule has 0 unspecified atom stereocenters. The Hall–Kier alpha value is -3.17. The van der Waals surface area contributed by atoms with Gasteiger partial charge in [0.2, 0.25) is 0 Å². The second-order valence-corrected chi connectivity index (χ2v) is 7.14. The van der Waals surface area contributed by atoms with Crippen molar-refractivity contribution in [3.8, 4) is 0 Å². The Morgan fingerprint density at radius 2 is 1.96 bits per heavy atom. The van der Waals surface area contributed by atoms with Crippen LogP contribution < -0.4 is 11.1 Å². The summed E-state index contributed by atoms with van der Waals surface area (Å²) >= 11 is 0. The molecule has 0 saturated carbocycles.